The zero-order valence-electron chi connectivity index (χ0n) is 15.9. The highest BCUT2D eigenvalue weighted by atomic mass is 16.5. The number of methoxy groups -OCH3 is 1. The van der Waals surface area contributed by atoms with Gasteiger partial charge in [0.1, 0.15) is 5.75 Å². The molecule has 0 spiro atoms. The van der Waals surface area contributed by atoms with Crippen molar-refractivity contribution in [2.45, 2.75) is 46.0 Å². The summed E-state index contributed by atoms with van der Waals surface area (Å²) in [6.07, 6.45) is 4.99. The van der Waals surface area contributed by atoms with Crippen molar-refractivity contribution in [1.82, 2.24) is 5.32 Å². The lowest BCUT2D eigenvalue weighted by Crippen LogP contribution is -2.49. The number of benzene rings is 1. The Kier molecular flexibility index (Phi) is 5.00. The molecular formula is C21H29NO4. The molecule has 3 atom stereocenters. The first-order valence-electron chi connectivity index (χ1n) is 9.41. The van der Waals surface area contributed by atoms with Crippen LogP contribution in [0.5, 0.6) is 5.75 Å². The van der Waals surface area contributed by atoms with E-state index in [0.29, 0.717) is 18.3 Å². The molecule has 1 aromatic rings. The average Bonchev–Trinajstić information content (AvgIpc) is 3.21. The zero-order chi connectivity index (χ0) is 18.9. The Balaban J connectivity index is 1.81. The van der Waals surface area contributed by atoms with E-state index in [1.807, 2.05) is 24.3 Å². The fourth-order valence-electron chi connectivity index (χ4n) is 4.72. The summed E-state index contributed by atoms with van der Waals surface area (Å²) in [7, 11) is 1.65. The molecule has 2 fully saturated rings. The number of carbonyl (C=O) groups excluding carboxylic acids is 1. The predicted octanol–water partition coefficient (Wildman–Crippen LogP) is 3.27. The maximum absolute atomic E-state index is 13.2. The standard InChI is InChI=1S/C21H29NO4/c1-20(2,19(24)25)13-22-18(23)21(12-15-7-8-16(21)9-15)11-14-5-4-6-17(10-14)26-3/h4-6,10,15-16H,7-9,11-13H2,1-3H3,(H,22,23)(H,24,25). The Labute approximate surface area is 155 Å². The summed E-state index contributed by atoms with van der Waals surface area (Å²) in [4.78, 5) is 24.6. The quantitative estimate of drug-likeness (QED) is 0.783. The monoisotopic (exact) mass is 359 g/mol. The lowest BCUT2D eigenvalue weighted by molar-refractivity contribution is -0.147. The SMILES string of the molecule is COc1cccc(CC2(C(=O)NCC(C)(C)C(=O)O)CC3CCC2C3)c1. The van der Waals surface area contributed by atoms with Gasteiger partial charge in [-0.3, -0.25) is 9.59 Å². The van der Waals surface area contributed by atoms with Crippen LogP contribution in [-0.2, 0) is 16.0 Å². The second kappa shape index (κ2) is 6.93. The first-order valence-corrected chi connectivity index (χ1v) is 9.41. The molecule has 1 aromatic carbocycles. The highest BCUT2D eigenvalue weighted by Crippen LogP contribution is 2.57. The van der Waals surface area contributed by atoms with Gasteiger partial charge in [-0.05, 0) is 69.1 Å². The molecule has 2 saturated carbocycles. The number of carboxylic acid groups (broad SMARTS) is 1. The van der Waals surface area contributed by atoms with E-state index in [9.17, 15) is 14.7 Å². The number of ether oxygens (including phenoxy) is 1. The van der Waals surface area contributed by atoms with Crippen LogP contribution < -0.4 is 10.1 Å². The average molecular weight is 359 g/mol. The van der Waals surface area contributed by atoms with E-state index in [2.05, 4.69) is 5.32 Å². The molecular weight excluding hydrogens is 330 g/mol. The van der Waals surface area contributed by atoms with E-state index in [1.54, 1.807) is 21.0 Å². The third-order valence-corrected chi connectivity index (χ3v) is 6.35. The fraction of sp³-hybridized carbons (Fsp3) is 0.619. The van der Waals surface area contributed by atoms with Crippen LogP contribution in [0.2, 0.25) is 0 Å². The summed E-state index contributed by atoms with van der Waals surface area (Å²) in [5.74, 6) is 0.915. The minimum absolute atomic E-state index is 0.0156. The molecule has 3 rings (SSSR count). The molecule has 0 saturated heterocycles. The first kappa shape index (κ1) is 18.7. The first-order chi connectivity index (χ1) is 12.3. The smallest absolute Gasteiger partial charge is 0.310 e. The van der Waals surface area contributed by atoms with Gasteiger partial charge in [0.2, 0.25) is 5.91 Å². The molecule has 1 amide bonds. The van der Waals surface area contributed by atoms with E-state index in [0.717, 1.165) is 30.6 Å². The lowest BCUT2D eigenvalue weighted by atomic mass is 9.68. The normalized spacial score (nSPS) is 27.3. The van der Waals surface area contributed by atoms with Gasteiger partial charge in [0.05, 0.1) is 17.9 Å². The minimum atomic E-state index is -0.968. The maximum atomic E-state index is 13.2. The summed E-state index contributed by atoms with van der Waals surface area (Å²) >= 11 is 0. The zero-order valence-corrected chi connectivity index (χ0v) is 15.9. The second-order valence-electron chi connectivity index (χ2n) is 8.64. The Morgan fingerprint density at radius 3 is 2.69 bits per heavy atom. The number of hydrogen-bond acceptors (Lipinski definition) is 3. The lowest BCUT2D eigenvalue weighted by Gasteiger charge is -2.37. The second-order valence-corrected chi connectivity index (χ2v) is 8.64. The van der Waals surface area contributed by atoms with Crippen LogP contribution >= 0.6 is 0 Å². The number of rotatable bonds is 7. The van der Waals surface area contributed by atoms with Gasteiger partial charge in [-0.15, -0.1) is 0 Å². The Morgan fingerprint density at radius 2 is 2.12 bits per heavy atom. The largest absolute Gasteiger partial charge is 0.497 e. The third kappa shape index (κ3) is 3.44. The van der Waals surface area contributed by atoms with Crippen LogP contribution in [0.15, 0.2) is 24.3 Å². The van der Waals surface area contributed by atoms with Crippen molar-refractivity contribution >= 4 is 11.9 Å². The van der Waals surface area contributed by atoms with Crippen molar-refractivity contribution in [2.24, 2.45) is 22.7 Å². The van der Waals surface area contributed by atoms with Gasteiger partial charge in [0.15, 0.2) is 0 Å². The Bertz CT molecular complexity index is 699. The van der Waals surface area contributed by atoms with Crippen LogP contribution in [0.1, 0.15) is 45.1 Å². The fourth-order valence-corrected chi connectivity index (χ4v) is 4.72. The van der Waals surface area contributed by atoms with Crippen LogP contribution in [0, 0.1) is 22.7 Å². The molecule has 2 aliphatic carbocycles. The minimum Gasteiger partial charge on any atom is -0.497 e. The number of amides is 1. The van der Waals surface area contributed by atoms with E-state index >= 15 is 0 Å². The third-order valence-electron chi connectivity index (χ3n) is 6.35. The van der Waals surface area contributed by atoms with Gasteiger partial charge in [0.25, 0.3) is 0 Å². The molecule has 2 N–H and O–H groups in total. The molecule has 0 radical (unpaired) electrons. The molecule has 2 bridgehead atoms. The molecule has 5 nitrogen and oxygen atoms in total. The summed E-state index contributed by atoms with van der Waals surface area (Å²) in [6, 6.07) is 7.92. The molecule has 3 unspecified atom stereocenters. The van der Waals surface area contributed by atoms with Gasteiger partial charge in [-0.25, -0.2) is 0 Å². The van der Waals surface area contributed by atoms with E-state index in [-0.39, 0.29) is 12.5 Å². The van der Waals surface area contributed by atoms with Crippen LogP contribution in [0.25, 0.3) is 0 Å². The number of aliphatic carboxylic acids is 1. The van der Waals surface area contributed by atoms with Gasteiger partial charge in [-0.1, -0.05) is 18.6 Å². The summed E-state index contributed by atoms with van der Waals surface area (Å²) in [5.41, 5.74) is -0.293. The van der Waals surface area contributed by atoms with Crippen LogP contribution in [0.3, 0.4) is 0 Å². The van der Waals surface area contributed by atoms with Crippen molar-refractivity contribution in [1.29, 1.82) is 0 Å². The van der Waals surface area contributed by atoms with Gasteiger partial charge < -0.3 is 15.2 Å². The summed E-state index contributed by atoms with van der Waals surface area (Å²) in [5, 5.41) is 12.3. The maximum Gasteiger partial charge on any atom is 0.310 e. The van der Waals surface area contributed by atoms with E-state index in [4.69, 9.17) is 4.74 Å². The van der Waals surface area contributed by atoms with E-state index < -0.39 is 16.8 Å². The van der Waals surface area contributed by atoms with Crippen molar-refractivity contribution in [3.05, 3.63) is 29.8 Å². The highest BCUT2D eigenvalue weighted by Gasteiger charge is 2.55. The van der Waals surface area contributed by atoms with Crippen LogP contribution in [0.4, 0.5) is 0 Å². The highest BCUT2D eigenvalue weighted by molar-refractivity contribution is 5.85. The molecule has 0 aliphatic heterocycles. The number of hydrogen-bond donors (Lipinski definition) is 2. The predicted molar refractivity (Wildman–Crippen MR) is 99.0 cm³/mol. The van der Waals surface area contributed by atoms with Crippen molar-refractivity contribution in [3.63, 3.8) is 0 Å². The van der Waals surface area contributed by atoms with Gasteiger partial charge in [-0.2, -0.15) is 0 Å². The molecule has 26 heavy (non-hydrogen) atoms. The molecule has 0 aromatic heterocycles. The Hall–Kier alpha value is -2.04. The molecule has 0 heterocycles. The Morgan fingerprint density at radius 1 is 1.35 bits per heavy atom. The number of carbonyl (C=O) groups is 2. The van der Waals surface area contributed by atoms with E-state index in [1.165, 1.54) is 6.42 Å². The summed E-state index contributed by atoms with van der Waals surface area (Å²) < 4.78 is 5.33. The number of fused-ring (bicyclic) bond motifs is 2. The van der Waals surface area contributed by atoms with Gasteiger partial charge in [0, 0.05) is 6.54 Å². The van der Waals surface area contributed by atoms with Gasteiger partial charge >= 0.3 is 5.97 Å². The van der Waals surface area contributed by atoms with Crippen molar-refractivity contribution in [3.8, 4) is 5.75 Å². The van der Waals surface area contributed by atoms with Crippen molar-refractivity contribution < 1.29 is 19.4 Å². The topological polar surface area (TPSA) is 75.6 Å². The molecule has 2 aliphatic rings. The molecule has 142 valence electrons. The number of nitrogens with one attached hydrogen (secondary N) is 1. The summed E-state index contributed by atoms with van der Waals surface area (Å²) in [6.45, 7) is 3.44. The van der Waals surface area contributed by atoms with Crippen LogP contribution in [-0.4, -0.2) is 30.6 Å². The number of carboxylic acids is 1. The molecule has 5 heteroatoms. The van der Waals surface area contributed by atoms with Crippen molar-refractivity contribution in [2.75, 3.05) is 13.7 Å².